The number of nitrogens with two attached hydrogens (primary N) is 1. The highest BCUT2D eigenvalue weighted by atomic mass is 16.5. The number of methoxy groups -OCH3 is 1. The first-order valence-electron chi connectivity index (χ1n) is 5.03. The summed E-state index contributed by atoms with van der Waals surface area (Å²) >= 11 is 0. The molecule has 1 aliphatic rings. The van der Waals surface area contributed by atoms with E-state index in [1.807, 2.05) is 0 Å². The van der Waals surface area contributed by atoms with Crippen molar-refractivity contribution in [1.82, 2.24) is 5.32 Å². The van der Waals surface area contributed by atoms with E-state index < -0.39 is 0 Å². The first kappa shape index (κ1) is 11.0. The lowest BCUT2D eigenvalue weighted by atomic mass is 9.87. The van der Waals surface area contributed by atoms with Crippen molar-refractivity contribution in [3.63, 3.8) is 0 Å². The van der Waals surface area contributed by atoms with Crippen molar-refractivity contribution in [2.24, 2.45) is 11.1 Å². The number of ether oxygens (including phenoxy) is 1. The van der Waals surface area contributed by atoms with Gasteiger partial charge in [0.25, 0.3) is 0 Å². The first-order chi connectivity index (χ1) is 6.07. The van der Waals surface area contributed by atoms with Crippen molar-refractivity contribution in [3.8, 4) is 0 Å². The second kappa shape index (κ2) is 4.40. The molecule has 0 spiro atoms. The topological polar surface area (TPSA) is 47.3 Å². The number of hydrogen-bond acceptors (Lipinski definition) is 3. The van der Waals surface area contributed by atoms with Gasteiger partial charge in [-0.1, -0.05) is 13.8 Å². The summed E-state index contributed by atoms with van der Waals surface area (Å²) in [7, 11) is 1.78. The largest absolute Gasteiger partial charge is 0.381 e. The van der Waals surface area contributed by atoms with Crippen molar-refractivity contribution >= 4 is 0 Å². The van der Waals surface area contributed by atoms with E-state index in [4.69, 9.17) is 10.5 Å². The second-order valence-corrected chi connectivity index (χ2v) is 4.78. The van der Waals surface area contributed by atoms with Crippen molar-refractivity contribution in [2.45, 2.75) is 38.8 Å². The molecule has 78 valence electrons. The summed E-state index contributed by atoms with van der Waals surface area (Å²) in [6, 6.07) is 0.649. The molecule has 0 unspecified atom stereocenters. The van der Waals surface area contributed by atoms with Crippen LogP contribution in [0.25, 0.3) is 0 Å². The molecule has 0 heterocycles. The van der Waals surface area contributed by atoms with Crippen molar-refractivity contribution in [3.05, 3.63) is 0 Å². The molecule has 0 aromatic rings. The van der Waals surface area contributed by atoms with Crippen LogP contribution in [0.15, 0.2) is 0 Å². The zero-order valence-electron chi connectivity index (χ0n) is 8.97. The molecule has 0 amide bonds. The van der Waals surface area contributed by atoms with Crippen LogP contribution in [0.3, 0.4) is 0 Å². The summed E-state index contributed by atoms with van der Waals surface area (Å²) in [4.78, 5) is 0. The van der Waals surface area contributed by atoms with Gasteiger partial charge in [-0.25, -0.2) is 0 Å². The van der Waals surface area contributed by atoms with Crippen LogP contribution in [0, 0.1) is 5.41 Å². The molecule has 3 nitrogen and oxygen atoms in total. The van der Waals surface area contributed by atoms with Gasteiger partial charge in [-0.15, -0.1) is 0 Å². The quantitative estimate of drug-likeness (QED) is 0.665. The zero-order valence-corrected chi connectivity index (χ0v) is 8.97. The zero-order chi connectivity index (χ0) is 9.90. The van der Waals surface area contributed by atoms with Gasteiger partial charge in [0.2, 0.25) is 0 Å². The van der Waals surface area contributed by atoms with E-state index in [0.717, 1.165) is 25.9 Å². The number of nitrogens with one attached hydrogen (secondary N) is 1. The van der Waals surface area contributed by atoms with Crippen LogP contribution < -0.4 is 11.1 Å². The Kier molecular flexibility index (Phi) is 3.71. The number of hydrogen-bond donors (Lipinski definition) is 2. The molecule has 0 saturated heterocycles. The van der Waals surface area contributed by atoms with Gasteiger partial charge in [0.1, 0.15) is 0 Å². The Balaban J connectivity index is 2.08. The van der Waals surface area contributed by atoms with E-state index in [1.54, 1.807) is 7.11 Å². The highest BCUT2D eigenvalue weighted by Gasteiger charge is 2.29. The van der Waals surface area contributed by atoms with E-state index in [-0.39, 0.29) is 5.41 Å². The normalized spacial score (nSPS) is 28.6. The summed E-state index contributed by atoms with van der Waals surface area (Å²) in [6.45, 7) is 6.12. The van der Waals surface area contributed by atoms with Gasteiger partial charge in [-0.2, -0.15) is 0 Å². The monoisotopic (exact) mass is 186 g/mol. The van der Waals surface area contributed by atoms with Gasteiger partial charge in [0, 0.05) is 19.7 Å². The lowest BCUT2D eigenvalue weighted by molar-refractivity contribution is 0.0151. The average molecular weight is 186 g/mol. The highest BCUT2D eigenvalue weighted by Crippen LogP contribution is 2.23. The van der Waals surface area contributed by atoms with Gasteiger partial charge in [0.15, 0.2) is 0 Å². The molecule has 3 heteroatoms. The minimum atomic E-state index is 0.220. The van der Waals surface area contributed by atoms with Gasteiger partial charge in [0.05, 0.1) is 6.10 Å². The first-order valence-corrected chi connectivity index (χ1v) is 5.03. The maximum Gasteiger partial charge on any atom is 0.0601 e. The molecule has 13 heavy (non-hydrogen) atoms. The Morgan fingerprint density at radius 3 is 2.54 bits per heavy atom. The SMILES string of the molecule is COC1CC(NCC(C)(C)CN)C1. The Hall–Kier alpha value is -0.120. The van der Waals surface area contributed by atoms with E-state index in [0.29, 0.717) is 12.1 Å². The fourth-order valence-corrected chi connectivity index (χ4v) is 1.42. The molecule has 0 aliphatic heterocycles. The summed E-state index contributed by atoms with van der Waals surface area (Å²) in [5.74, 6) is 0. The Bertz CT molecular complexity index is 153. The molecule has 0 bridgehead atoms. The number of rotatable bonds is 5. The Morgan fingerprint density at radius 1 is 1.46 bits per heavy atom. The van der Waals surface area contributed by atoms with Crippen molar-refractivity contribution < 1.29 is 4.74 Å². The van der Waals surface area contributed by atoms with E-state index in [1.165, 1.54) is 0 Å². The third-order valence-corrected chi connectivity index (χ3v) is 2.85. The maximum absolute atomic E-state index is 5.64. The highest BCUT2D eigenvalue weighted by molar-refractivity contribution is 4.87. The summed E-state index contributed by atoms with van der Waals surface area (Å²) in [6.07, 6.45) is 2.78. The molecule has 0 aromatic heterocycles. The van der Waals surface area contributed by atoms with Crippen molar-refractivity contribution in [1.29, 1.82) is 0 Å². The molecule has 1 fully saturated rings. The van der Waals surface area contributed by atoms with Gasteiger partial charge < -0.3 is 15.8 Å². The Morgan fingerprint density at radius 2 is 2.08 bits per heavy atom. The predicted octanol–water partition coefficient (Wildman–Crippen LogP) is 0.738. The minimum Gasteiger partial charge on any atom is -0.381 e. The van der Waals surface area contributed by atoms with Gasteiger partial charge in [-0.05, 0) is 24.8 Å². The molecule has 0 radical (unpaired) electrons. The molecular formula is C10H22N2O. The molecule has 1 rings (SSSR count). The van der Waals surface area contributed by atoms with Crippen LogP contribution in [0.1, 0.15) is 26.7 Å². The third-order valence-electron chi connectivity index (χ3n) is 2.85. The lowest BCUT2D eigenvalue weighted by Gasteiger charge is -2.37. The van der Waals surface area contributed by atoms with E-state index in [2.05, 4.69) is 19.2 Å². The minimum absolute atomic E-state index is 0.220. The molecule has 0 atom stereocenters. The standard InChI is InChI=1S/C10H22N2O/c1-10(2,6-11)7-12-8-4-9(5-8)13-3/h8-9,12H,4-7,11H2,1-3H3. The summed E-state index contributed by atoms with van der Waals surface area (Å²) in [5, 5.41) is 3.51. The van der Waals surface area contributed by atoms with Crippen LogP contribution >= 0.6 is 0 Å². The van der Waals surface area contributed by atoms with Crippen LogP contribution in [0.5, 0.6) is 0 Å². The van der Waals surface area contributed by atoms with Crippen LogP contribution in [0.4, 0.5) is 0 Å². The molecule has 3 N–H and O–H groups in total. The van der Waals surface area contributed by atoms with Crippen LogP contribution in [-0.4, -0.2) is 32.3 Å². The summed E-state index contributed by atoms with van der Waals surface area (Å²) in [5.41, 5.74) is 5.86. The van der Waals surface area contributed by atoms with E-state index in [9.17, 15) is 0 Å². The fraction of sp³-hybridized carbons (Fsp3) is 1.00. The molecule has 1 aliphatic carbocycles. The predicted molar refractivity (Wildman–Crippen MR) is 54.7 cm³/mol. The molecular weight excluding hydrogens is 164 g/mol. The van der Waals surface area contributed by atoms with Crippen molar-refractivity contribution in [2.75, 3.05) is 20.2 Å². The Labute approximate surface area is 81.0 Å². The third kappa shape index (κ3) is 3.25. The average Bonchev–Trinajstić information content (AvgIpc) is 2.02. The van der Waals surface area contributed by atoms with Gasteiger partial charge in [-0.3, -0.25) is 0 Å². The smallest absolute Gasteiger partial charge is 0.0601 e. The fourth-order valence-electron chi connectivity index (χ4n) is 1.42. The molecule has 0 aromatic carbocycles. The molecule has 1 saturated carbocycles. The summed E-state index contributed by atoms with van der Waals surface area (Å²) < 4.78 is 5.21. The van der Waals surface area contributed by atoms with Crippen LogP contribution in [0.2, 0.25) is 0 Å². The second-order valence-electron chi connectivity index (χ2n) is 4.78. The van der Waals surface area contributed by atoms with Crippen LogP contribution in [-0.2, 0) is 4.74 Å². The maximum atomic E-state index is 5.64. The van der Waals surface area contributed by atoms with Gasteiger partial charge >= 0.3 is 0 Å². The van der Waals surface area contributed by atoms with E-state index >= 15 is 0 Å². The lowest BCUT2D eigenvalue weighted by Crippen LogP contribution is -2.49.